The van der Waals surface area contributed by atoms with E-state index < -0.39 is 0 Å². The van der Waals surface area contributed by atoms with Crippen molar-refractivity contribution in [2.24, 2.45) is 0 Å². The molecule has 2 N–H and O–H groups in total. The maximum atomic E-state index is 11.3. The molecule has 4 nitrogen and oxygen atoms in total. The topological polar surface area (TPSA) is 58.6 Å². The summed E-state index contributed by atoms with van der Waals surface area (Å²) in [4.78, 5) is 11.3. The molecule has 16 heavy (non-hydrogen) atoms. The number of aliphatic hydroxyl groups excluding tert-OH is 1. The lowest BCUT2D eigenvalue weighted by Gasteiger charge is -2.07. The molecule has 0 aliphatic rings. The minimum atomic E-state index is -0.205. The quantitative estimate of drug-likeness (QED) is 0.742. The van der Waals surface area contributed by atoms with E-state index in [1.807, 2.05) is 0 Å². The van der Waals surface area contributed by atoms with Crippen LogP contribution in [0.4, 0.5) is 5.69 Å². The van der Waals surface area contributed by atoms with Crippen molar-refractivity contribution < 1.29 is 14.6 Å². The van der Waals surface area contributed by atoms with Gasteiger partial charge in [-0.1, -0.05) is 6.58 Å². The number of benzene rings is 1. The number of rotatable bonds is 5. The van der Waals surface area contributed by atoms with Crippen LogP contribution in [0.5, 0.6) is 5.75 Å². The summed E-state index contributed by atoms with van der Waals surface area (Å²) in [5, 5.41) is 11.3. The summed E-state index contributed by atoms with van der Waals surface area (Å²) in [5.74, 6) is 0.450. The average Bonchev–Trinajstić information content (AvgIpc) is 2.28. The molecule has 0 heterocycles. The molecule has 0 spiro atoms. The molecule has 0 radical (unpaired) electrons. The average molecular weight is 221 g/mol. The molecule has 0 bridgehead atoms. The van der Waals surface area contributed by atoms with Gasteiger partial charge in [0, 0.05) is 11.3 Å². The molecule has 0 aromatic heterocycles. The second-order valence-corrected chi connectivity index (χ2v) is 3.33. The van der Waals surface area contributed by atoms with Crippen LogP contribution in [-0.4, -0.2) is 24.2 Å². The molecule has 0 saturated heterocycles. The first-order valence-corrected chi connectivity index (χ1v) is 4.94. The van der Waals surface area contributed by atoms with E-state index in [1.165, 1.54) is 0 Å². The van der Waals surface area contributed by atoms with Gasteiger partial charge in [-0.15, -0.1) is 0 Å². The van der Waals surface area contributed by atoms with E-state index in [0.29, 0.717) is 17.0 Å². The van der Waals surface area contributed by atoms with E-state index in [0.717, 1.165) is 0 Å². The largest absolute Gasteiger partial charge is 0.491 e. The summed E-state index contributed by atoms with van der Waals surface area (Å²) in [6, 6.07) is 6.91. The molecule has 1 amide bonds. The van der Waals surface area contributed by atoms with Crippen LogP contribution >= 0.6 is 0 Å². The lowest BCUT2D eigenvalue weighted by molar-refractivity contribution is -0.112. The number of hydrogen-bond acceptors (Lipinski definition) is 3. The molecule has 1 rings (SSSR count). The fourth-order valence-electron chi connectivity index (χ4n) is 1.04. The van der Waals surface area contributed by atoms with Crippen LogP contribution in [0.1, 0.15) is 6.92 Å². The Hall–Kier alpha value is -1.81. The summed E-state index contributed by atoms with van der Waals surface area (Å²) in [7, 11) is 0. The van der Waals surface area contributed by atoms with Crippen LogP contribution in [-0.2, 0) is 4.79 Å². The van der Waals surface area contributed by atoms with Crippen molar-refractivity contribution in [3.8, 4) is 5.75 Å². The van der Waals surface area contributed by atoms with E-state index in [-0.39, 0.29) is 19.1 Å². The Bertz CT molecular complexity index is 370. The molecule has 0 saturated carbocycles. The standard InChI is InChI=1S/C12H15NO3/c1-9(2)12(15)13-10-3-5-11(6-4-10)16-8-7-14/h3-6,14H,1,7-8H2,2H3,(H,13,15). The molecule has 0 atom stereocenters. The summed E-state index contributed by atoms with van der Waals surface area (Å²) in [6.07, 6.45) is 0. The van der Waals surface area contributed by atoms with Crippen molar-refractivity contribution >= 4 is 11.6 Å². The highest BCUT2D eigenvalue weighted by Gasteiger charge is 2.02. The van der Waals surface area contributed by atoms with Crippen LogP contribution in [0, 0.1) is 0 Å². The second kappa shape index (κ2) is 5.92. The van der Waals surface area contributed by atoms with Gasteiger partial charge in [-0.2, -0.15) is 0 Å². The lowest BCUT2D eigenvalue weighted by Crippen LogP contribution is -2.11. The number of carbonyl (C=O) groups is 1. The maximum absolute atomic E-state index is 11.3. The van der Waals surface area contributed by atoms with Gasteiger partial charge in [-0.05, 0) is 31.2 Å². The Morgan fingerprint density at radius 2 is 2.06 bits per heavy atom. The fraction of sp³-hybridized carbons (Fsp3) is 0.250. The van der Waals surface area contributed by atoms with Crippen LogP contribution < -0.4 is 10.1 Å². The van der Waals surface area contributed by atoms with Crippen molar-refractivity contribution in [3.05, 3.63) is 36.4 Å². The number of anilines is 1. The molecule has 0 unspecified atom stereocenters. The van der Waals surface area contributed by atoms with Gasteiger partial charge < -0.3 is 15.2 Å². The van der Waals surface area contributed by atoms with E-state index in [1.54, 1.807) is 31.2 Å². The Labute approximate surface area is 94.6 Å². The van der Waals surface area contributed by atoms with E-state index in [9.17, 15) is 4.79 Å². The smallest absolute Gasteiger partial charge is 0.250 e. The summed E-state index contributed by atoms with van der Waals surface area (Å²) < 4.78 is 5.18. The van der Waals surface area contributed by atoms with Gasteiger partial charge in [0.2, 0.25) is 0 Å². The van der Waals surface area contributed by atoms with Gasteiger partial charge in [0.1, 0.15) is 12.4 Å². The third-order valence-corrected chi connectivity index (χ3v) is 1.86. The Morgan fingerprint density at radius 1 is 1.44 bits per heavy atom. The maximum Gasteiger partial charge on any atom is 0.250 e. The molecule has 1 aromatic carbocycles. The number of ether oxygens (including phenoxy) is 1. The van der Waals surface area contributed by atoms with Crippen molar-refractivity contribution in [1.29, 1.82) is 0 Å². The monoisotopic (exact) mass is 221 g/mol. The van der Waals surface area contributed by atoms with Crippen molar-refractivity contribution in [3.63, 3.8) is 0 Å². The minimum absolute atomic E-state index is 0.0197. The summed E-state index contributed by atoms with van der Waals surface area (Å²) in [6.45, 7) is 5.43. The van der Waals surface area contributed by atoms with Crippen LogP contribution in [0.15, 0.2) is 36.4 Å². The molecule has 0 aliphatic heterocycles. The van der Waals surface area contributed by atoms with Crippen molar-refractivity contribution in [2.75, 3.05) is 18.5 Å². The van der Waals surface area contributed by atoms with Crippen LogP contribution in [0.2, 0.25) is 0 Å². The van der Waals surface area contributed by atoms with Crippen molar-refractivity contribution in [1.82, 2.24) is 0 Å². The first-order valence-electron chi connectivity index (χ1n) is 4.94. The number of carbonyl (C=O) groups excluding carboxylic acids is 1. The van der Waals surface area contributed by atoms with E-state index in [2.05, 4.69) is 11.9 Å². The van der Waals surface area contributed by atoms with E-state index in [4.69, 9.17) is 9.84 Å². The summed E-state index contributed by atoms with van der Waals surface area (Å²) >= 11 is 0. The first-order chi connectivity index (χ1) is 7.63. The van der Waals surface area contributed by atoms with Gasteiger partial charge in [0.15, 0.2) is 0 Å². The predicted molar refractivity (Wildman–Crippen MR) is 62.5 cm³/mol. The lowest BCUT2D eigenvalue weighted by atomic mass is 10.2. The Morgan fingerprint density at radius 3 is 2.56 bits per heavy atom. The zero-order chi connectivity index (χ0) is 12.0. The number of hydrogen-bond donors (Lipinski definition) is 2. The van der Waals surface area contributed by atoms with Gasteiger partial charge in [-0.3, -0.25) is 4.79 Å². The highest BCUT2D eigenvalue weighted by Crippen LogP contribution is 2.15. The second-order valence-electron chi connectivity index (χ2n) is 3.33. The van der Waals surface area contributed by atoms with Crippen molar-refractivity contribution in [2.45, 2.75) is 6.92 Å². The Balaban J connectivity index is 2.57. The predicted octanol–water partition coefficient (Wildman–Crippen LogP) is 1.57. The number of nitrogens with one attached hydrogen (secondary N) is 1. The SMILES string of the molecule is C=C(C)C(=O)Nc1ccc(OCCO)cc1. The first kappa shape index (κ1) is 12.3. The zero-order valence-electron chi connectivity index (χ0n) is 9.19. The molecule has 0 fully saturated rings. The van der Waals surface area contributed by atoms with Crippen LogP contribution in [0.25, 0.3) is 0 Å². The third kappa shape index (κ3) is 3.74. The van der Waals surface area contributed by atoms with Gasteiger partial charge >= 0.3 is 0 Å². The number of amides is 1. The zero-order valence-corrected chi connectivity index (χ0v) is 9.19. The molecular weight excluding hydrogens is 206 g/mol. The highest BCUT2D eigenvalue weighted by atomic mass is 16.5. The van der Waals surface area contributed by atoms with Gasteiger partial charge in [0.25, 0.3) is 5.91 Å². The van der Waals surface area contributed by atoms with E-state index >= 15 is 0 Å². The van der Waals surface area contributed by atoms with Crippen LogP contribution in [0.3, 0.4) is 0 Å². The van der Waals surface area contributed by atoms with Gasteiger partial charge in [0.05, 0.1) is 6.61 Å². The Kier molecular flexibility index (Phi) is 4.54. The normalized spacial score (nSPS) is 9.62. The molecular formula is C12H15NO3. The number of aliphatic hydroxyl groups is 1. The van der Waals surface area contributed by atoms with Gasteiger partial charge in [-0.25, -0.2) is 0 Å². The summed E-state index contributed by atoms with van der Waals surface area (Å²) in [5.41, 5.74) is 1.14. The molecule has 1 aromatic rings. The highest BCUT2D eigenvalue weighted by molar-refractivity contribution is 6.02. The molecule has 4 heteroatoms. The minimum Gasteiger partial charge on any atom is -0.491 e. The fourth-order valence-corrected chi connectivity index (χ4v) is 1.04. The molecule has 86 valence electrons. The molecule has 0 aliphatic carbocycles. The third-order valence-electron chi connectivity index (χ3n) is 1.86.